The van der Waals surface area contributed by atoms with Gasteiger partial charge in [0.05, 0.1) is 5.41 Å². The third-order valence-corrected chi connectivity index (χ3v) is 5.04. The molecule has 0 saturated heterocycles. The maximum absolute atomic E-state index is 13.0. The minimum absolute atomic E-state index is 0.0475. The van der Waals surface area contributed by atoms with Crippen LogP contribution >= 0.6 is 0 Å². The molecule has 12 heavy (non-hydrogen) atoms. The molecule has 1 nitrogen and oxygen atoms in total. The second-order valence-electron chi connectivity index (χ2n) is 5.25. The molecule has 2 atom stereocenters. The number of hydrogen-bond donors (Lipinski definition) is 0. The van der Waals surface area contributed by atoms with Gasteiger partial charge in [-0.3, -0.25) is 4.79 Å². The van der Waals surface area contributed by atoms with E-state index in [1.165, 1.54) is 0 Å². The van der Waals surface area contributed by atoms with Crippen molar-refractivity contribution in [2.45, 2.75) is 26.7 Å². The molecule has 0 aromatic heterocycles. The standard InChI is InChI=1S/C10H13FO/c1-9(2)5-3-6-7(4-5)10(6,9)8(11)12/h5-7H,3-4H2,1-2H3. The van der Waals surface area contributed by atoms with Crippen LogP contribution in [-0.4, -0.2) is 6.04 Å². The topological polar surface area (TPSA) is 17.1 Å². The number of carbonyl (C=O) groups is 1. The first-order valence-corrected chi connectivity index (χ1v) is 4.73. The highest BCUT2D eigenvalue weighted by atomic mass is 19.1. The third kappa shape index (κ3) is 0.391. The molecule has 0 spiro atoms. The first-order valence-electron chi connectivity index (χ1n) is 4.73. The molecule has 4 aliphatic rings. The monoisotopic (exact) mass is 168 g/mol. The van der Waals surface area contributed by atoms with Crippen LogP contribution in [0.3, 0.4) is 0 Å². The Bertz CT molecular complexity index is 270. The molecule has 4 aliphatic carbocycles. The van der Waals surface area contributed by atoms with Gasteiger partial charge in [-0.05, 0) is 36.0 Å². The summed E-state index contributed by atoms with van der Waals surface area (Å²) < 4.78 is 13.0. The van der Waals surface area contributed by atoms with Crippen LogP contribution in [-0.2, 0) is 4.79 Å². The van der Waals surface area contributed by atoms with Crippen LogP contribution in [0.5, 0.6) is 0 Å². The zero-order valence-corrected chi connectivity index (χ0v) is 7.43. The second kappa shape index (κ2) is 1.49. The molecule has 0 aromatic carbocycles. The number of halogens is 1. The van der Waals surface area contributed by atoms with Crippen molar-refractivity contribution in [2.75, 3.05) is 0 Å². The zero-order valence-electron chi connectivity index (χ0n) is 7.43. The molecule has 4 bridgehead atoms. The highest BCUT2D eigenvalue weighted by Gasteiger charge is 2.86. The van der Waals surface area contributed by atoms with Gasteiger partial charge in [-0.1, -0.05) is 13.8 Å². The van der Waals surface area contributed by atoms with Gasteiger partial charge in [-0.15, -0.1) is 0 Å². The second-order valence-corrected chi connectivity index (χ2v) is 5.25. The Morgan fingerprint density at radius 1 is 1.33 bits per heavy atom. The summed E-state index contributed by atoms with van der Waals surface area (Å²) in [5.74, 6) is 1.44. The molecular formula is C10H13FO. The van der Waals surface area contributed by atoms with Crippen LogP contribution in [0, 0.1) is 28.6 Å². The molecule has 0 N–H and O–H groups in total. The van der Waals surface area contributed by atoms with E-state index in [1.807, 2.05) is 0 Å². The smallest absolute Gasteiger partial charge is 0.260 e. The SMILES string of the molecule is CC1(C)C2CC3C(C2)C31C(=O)F. The van der Waals surface area contributed by atoms with Gasteiger partial charge in [-0.25, -0.2) is 0 Å². The van der Waals surface area contributed by atoms with Crippen LogP contribution in [0.2, 0.25) is 0 Å². The van der Waals surface area contributed by atoms with Crippen LogP contribution in [0.4, 0.5) is 4.39 Å². The summed E-state index contributed by atoms with van der Waals surface area (Å²) in [5.41, 5.74) is -0.564. The number of hydrogen-bond acceptors (Lipinski definition) is 1. The van der Waals surface area contributed by atoms with E-state index in [0.29, 0.717) is 17.8 Å². The fourth-order valence-corrected chi connectivity index (χ4v) is 4.38. The lowest BCUT2D eigenvalue weighted by Gasteiger charge is -2.28. The average molecular weight is 168 g/mol. The summed E-state index contributed by atoms with van der Waals surface area (Å²) in [6, 6.07) is -1.03. The van der Waals surface area contributed by atoms with E-state index >= 15 is 0 Å². The van der Waals surface area contributed by atoms with Crippen molar-refractivity contribution < 1.29 is 9.18 Å². The molecule has 0 radical (unpaired) electrons. The Labute approximate surface area is 71.3 Å². The molecule has 0 amide bonds. The molecule has 4 saturated carbocycles. The fraction of sp³-hybridized carbons (Fsp3) is 0.900. The van der Waals surface area contributed by atoms with Crippen molar-refractivity contribution in [3.05, 3.63) is 0 Å². The normalized spacial score (nSPS) is 57.4. The Hall–Kier alpha value is -0.400. The van der Waals surface area contributed by atoms with E-state index < -0.39 is 11.5 Å². The van der Waals surface area contributed by atoms with E-state index in [2.05, 4.69) is 13.8 Å². The molecule has 0 heterocycles. The van der Waals surface area contributed by atoms with E-state index in [4.69, 9.17) is 0 Å². The van der Waals surface area contributed by atoms with Gasteiger partial charge in [0, 0.05) is 0 Å². The molecule has 66 valence electrons. The van der Waals surface area contributed by atoms with E-state index in [0.717, 1.165) is 12.8 Å². The number of carbonyl (C=O) groups excluding carboxylic acids is 1. The lowest BCUT2D eigenvalue weighted by Crippen LogP contribution is -2.30. The highest BCUT2D eigenvalue weighted by molar-refractivity contribution is 5.83. The fourth-order valence-electron chi connectivity index (χ4n) is 4.38. The Balaban J connectivity index is 2.15. The Kier molecular flexibility index (Phi) is 0.875. The molecular weight excluding hydrogens is 155 g/mol. The molecule has 0 aromatic rings. The minimum Gasteiger partial charge on any atom is -0.260 e. The van der Waals surface area contributed by atoms with E-state index in [9.17, 15) is 9.18 Å². The maximum Gasteiger partial charge on any atom is 0.308 e. The van der Waals surface area contributed by atoms with Gasteiger partial charge < -0.3 is 0 Å². The lowest BCUT2D eigenvalue weighted by molar-refractivity contribution is -0.139. The average Bonchev–Trinajstić information content (AvgIpc) is 2.30. The number of rotatable bonds is 1. The van der Waals surface area contributed by atoms with Crippen LogP contribution in [0.15, 0.2) is 0 Å². The van der Waals surface area contributed by atoms with Crippen molar-refractivity contribution in [2.24, 2.45) is 28.6 Å². The quantitative estimate of drug-likeness (QED) is 0.548. The molecule has 0 aliphatic heterocycles. The van der Waals surface area contributed by atoms with E-state index in [-0.39, 0.29) is 5.41 Å². The molecule has 4 rings (SSSR count). The molecule has 2 unspecified atom stereocenters. The summed E-state index contributed by atoms with van der Waals surface area (Å²) >= 11 is 0. The van der Waals surface area contributed by atoms with Crippen molar-refractivity contribution in [1.29, 1.82) is 0 Å². The van der Waals surface area contributed by atoms with Crippen molar-refractivity contribution in [3.8, 4) is 0 Å². The van der Waals surface area contributed by atoms with E-state index in [1.54, 1.807) is 0 Å². The largest absolute Gasteiger partial charge is 0.308 e. The van der Waals surface area contributed by atoms with Gasteiger partial charge in [0.25, 0.3) is 0 Å². The summed E-state index contributed by atoms with van der Waals surface area (Å²) in [6.45, 7) is 4.14. The molecule has 2 heteroatoms. The van der Waals surface area contributed by atoms with Gasteiger partial charge in [0.1, 0.15) is 0 Å². The van der Waals surface area contributed by atoms with Gasteiger partial charge >= 0.3 is 6.04 Å². The van der Waals surface area contributed by atoms with Crippen LogP contribution < -0.4 is 0 Å². The lowest BCUT2D eigenvalue weighted by atomic mass is 9.75. The van der Waals surface area contributed by atoms with Gasteiger partial charge in [0.15, 0.2) is 0 Å². The first kappa shape index (κ1) is 7.05. The zero-order chi connectivity index (χ0) is 8.72. The van der Waals surface area contributed by atoms with Gasteiger partial charge in [0.2, 0.25) is 0 Å². The minimum atomic E-state index is -1.03. The van der Waals surface area contributed by atoms with Gasteiger partial charge in [-0.2, -0.15) is 4.39 Å². The summed E-state index contributed by atoms with van der Waals surface area (Å²) in [4.78, 5) is 11.0. The Morgan fingerprint density at radius 2 is 1.83 bits per heavy atom. The first-order chi connectivity index (χ1) is 5.53. The maximum atomic E-state index is 13.0. The third-order valence-electron chi connectivity index (χ3n) is 5.04. The predicted octanol–water partition coefficient (Wildman–Crippen LogP) is 2.16. The van der Waals surface area contributed by atoms with Crippen molar-refractivity contribution >= 4 is 6.04 Å². The van der Waals surface area contributed by atoms with Crippen LogP contribution in [0.1, 0.15) is 26.7 Å². The Morgan fingerprint density at radius 3 is 2.00 bits per heavy atom. The summed E-state index contributed by atoms with van der Waals surface area (Å²) in [6.07, 6.45) is 2.21. The predicted molar refractivity (Wildman–Crippen MR) is 42.0 cm³/mol. The van der Waals surface area contributed by atoms with Crippen molar-refractivity contribution in [1.82, 2.24) is 0 Å². The highest BCUT2D eigenvalue weighted by Crippen LogP contribution is 2.86. The van der Waals surface area contributed by atoms with Crippen molar-refractivity contribution in [3.63, 3.8) is 0 Å². The summed E-state index contributed by atoms with van der Waals surface area (Å²) in [7, 11) is 0. The molecule has 4 fully saturated rings. The van der Waals surface area contributed by atoms with Crippen LogP contribution in [0.25, 0.3) is 0 Å². The summed E-state index contributed by atoms with van der Waals surface area (Å²) in [5, 5.41) is 0.